The minimum Gasteiger partial charge on any atom is -0.493 e. The topological polar surface area (TPSA) is 61.3 Å². The van der Waals surface area contributed by atoms with Gasteiger partial charge in [0.2, 0.25) is 0 Å². The Hall–Kier alpha value is -1.81. The lowest BCUT2D eigenvalue weighted by atomic mass is 10.1. The Kier molecular flexibility index (Phi) is 3.44. The van der Waals surface area contributed by atoms with E-state index in [1.54, 1.807) is 0 Å². The van der Waals surface area contributed by atoms with Crippen LogP contribution in [-0.4, -0.2) is 11.8 Å². The summed E-state index contributed by atoms with van der Waals surface area (Å²) in [6, 6.07) is 9.43. The molecule has 0 saturated carbocycles. The average Bonchev–Trinajstić information content (AvgIpc) is 2.79. The molecule has 0 radical (unpaired) electrons. The van der Waals surface area contributed by atoms with Crippen molar-refractivity contribution in [1.82, 2.24) is 5.16 Å². The fourth-order valence-electron chi connectivity index (χ4n) is 1.59. The Bertz CT molecular complexity index is 492. The highest BCUT2D eigenvalue weighted by molar-refractivity contribution is 5.66. The van der Waals surface area contributed by atoms with E-state index in [-0.39, 0.29) is 6.04 Å². The predicted molar refractivity (Wildman–Crippen MR) is 65.7 cm³/mol. The summed E-state index contributed by atoms with van der Waals surface area (Å²) in [6.45, 7) is 4.43. The molecule has 90 valence electrons. The van der Waals surface area contributed by atoms with Crippen molar-refractivity contribution in [2.45, 2.75) is 19.9 Å². The first-order valence-electron chi connectivity index (χ1n) is 5.66. The monoisotopic (exact) mass is 232 g/mol. The molecule has 1 atom stereocenters. The molecule has 1 heterocycles. The molecular formula is C13H16N2O2. The van der Waals surface area contributed by atoms with Crippen LogP contribution in [0.25, 0.3) is 11.3 Å². The molecule has 0 aliphatic rings. The normalized spacial score (nSPS) is 12.4. The van der Waals surface area contributed by atoms with Crippen LogP contribution in [0.15, 0.2) is 34.9 Å². The van der Waals surface area contributed by atoms with Gasteiger partial charge in [0.1, 0.15) is 11.4 Å². The molecule has 4 heteroatoms. The van der Waals surface area contributed by atoms with E-state index in [1.807, 2.05) is 44.2 Å². The van der Waals surface area contributed by atoms with E-state index >= 15 is 0 Å². The second-order valence-corrected chi connectivity index (χ2v) is 3.83. The van der Waals surface area contributed by atoms with Gasteiger partial charge in [-0.05, 0) is 26.0 Å². The maximum atomic E-state index is 5.74. The van der Waals surface area contributed by atoms with Gasteiger partial charge < -0.3 is 15.0 Å². The summed E-state index contributed by atoms with van der Waals surface area (Å²) >= 11 is 0. The Morgan fingerprint density at radius 1 is 1.41 bits per heavy atom. The number of aromatic nitrogens is 1. The van der Waals surface area contributed by atoms with E-state index in [1.165, 1.54) is 0 Å². The number of hydrogen-bond donors (Lipinski definition) is 1. The van der Waals surface area contributed by atoms with Gasteiger partial charge in [0.25, 0.3) is 0 Å². The number of rotatable bonds is 4. The van der Waals surface area contributed by atoms with Crippen LogP contribution in [0, 0.1) is 0 Å². The quantitative estimate of drug-likeness (QED) is 0.880. The maximum Gasteiger partial charge on any atom is 0.153 e. The molecule has 2 rings (SSSR count). The number of para-hydroxylation sites is 1. The molecule has 0 saturated heterocycles. The second kappa shape index (κ2) is 5.01. The van der Waals surface area contributed by atoms with Gasteiger partial charge in [0.15, 0.2) is 5.76 Å². The molecule has 0 aliphatic carbocycles. The Balaban J connectivity index is 2.38. The van der Waals surface area contributed by atoms with Crippen molar-refractivity contribution in [1.29, 1.82) is 0 Å². The molecule has 1 unspecified atom stereocenters. The number of nitrogens with zero attached hydrogens (tertiary/aromatic N) is 1. The Morgan fingerprint density at radius 3 is 2.82 bits per heavy atom. The zero-order chi connectivity index (χ0) is 12.3. The number of nitrogens with two attached hydrogens (primary N) is 1. The third-order valence-corrected chi connectivity index (χ3v) is 2.44. The third kappa shape index (κ3) is 2.47. The first-order chi connectivity index (χ1) is 8.22. The number of hydrogen-bond acceptors (Lipinski definition) is 4. The zero-order valence-electron chi connectivity index (χ0n) is 10.0. The lowest BCUT2D eigenvalue weighted by molar-refractivity contribution is 0.340. The summed E-state index contributed by atoms with van der Waals surface area (Å²) in [5.74, 6) is 1.48. The summed E-state index contributed by atoms with van der Waals surface area (Å²) < 4.78 is 10.7. The molecule has 1 aromatic carbocycles. The minimum absolute atomic E-state index is 0.157. The van der Waals surface area contributed by atoms with Gasteiger partial charge in [-0.25, -0.2) is 0 Å². The van der Waals surface area contributed by atoms with Gasteiger partial charge in [0.05, 0.1) is 12.6 Å². The van der Waals surface area contributed by atoms with Gasteiger partial charge in [-0.1, -0.05) is 17.3 Å². The van der Waals surface area contributed by atoms with Gasteiger partial charge in [-0.3, -0.25) is 0 Å². The molecule has 0 amide bonds. The SMILES string of the molecule is CCOc1ccccc1-c1cc(C(C)N)on1. The fraction of sp³-hybridized carbons (Fsp3) is 0.308. The molecule has 0 fully saturated rings. The van der Waals surface area contributed by atoms with Crippen molar-refractivity contribution in [3.05, 3.63) is 36.1 Å². The largest absolute Gasteiger partial charge is 0.493 e. The van der Waals surface area contributed by atoms with Crippen molar-refractivity contribution in [3.63, 3.8) is 0 Å². The Morgan fingerprint density at radius 2 is 2.18 bits per heavy atom. The van der Waals surface area contributed by atoms with Crippen LogP contribution in [0.5, 0.6) is 5.75 Å². The van der Waals surface area contributed by atoms with Gasteiger partial charge in [-0.15, -0.1) is 0 Å². The highest BCUT2D eigenvalue weighted by Gasteiger charge is 2.12. The molecular weight excluding hydrogens is 216 g/mol. The summed E-state index contributed by atoms with van der Waals surface area (Å²) in [4.78, 5) is 0. The van der Waals surface area contributed by atoms with Crippen LogP contribution in [0.4, 0.5) is 0 Å². The minimum atomic E-state index is -0.157. The van der Waals surface area contributed by atoms with Crippen LogP contribution in [0.3, 0.4) is 0 Å². The zero-order valence-corrected chi connectivity index (χ0v) is 10.0. The van der Waals surface area contributed by atoms with Crippen LogP contribution >= 0.6 is 0 Å². The van der Waals surface area contributed by atoms with Crippen molar-refractivity contribution in [3.8, 4) is 17.0 Å². The molecule has 4 nitrogen and oxygen atoms in total. The lowest BCUT2D eigenvalue weighted by Gasteiger charge is -2.06. The fourth-order valence-corrected chi connectivity index (χ4v) is 1.59. The highest BCUT2D eigenvalue weighted by Crippen LogP contribution is 2.30. The van der Waals surface area contributed by atoms with E-state index in [0.717, 1.165) is 17.0 Å². The lowest BCUT2D eigenvalue weighted by Crippen LogP contribution is -2.02. The predicted octanol–water partition coefficient (Wildman–Crippen LogP) is 2.76. The van der Waals surface area contributed by atoms with Crippen LogP contribution < -0.4 is 10.5 Å². The maximum absolute atomic E-state index is 5.74. The van der Waals surface area contributed by atoms with Crippen LogP contribution in [-0.2, 0) is 0 Å². The van der Waals surface area contributed by atoms with E-state index < -0.39 is 0 Å². The second-order valence-electron chi connectivity index (χ2n) is 3.83. The molecule has 0 bridgehead atoms. The first kappa shape index (κ1) is 11.7. The molecule has 17 heavy (non-hydrogen) atoms. The van der Waals surface area contributed by atoms with Gasteiger partial charge in [0, 0.05) is 11.6 Å². The smallest absolute Gasteiger partial charge is 0.153 e. The van der Waals surface area contributed by atoms with E-state index in [2.05, 4.69) is 5.16 Å². The highest BCUT2D eigenvalue weighted by atomic mass is 16.5. The Labute approximate surface area is 100 Å². The third-order valence-electron chi connectivity index (χ3n) is 2.44. The van der Waals surface area contributed by atoms with E-state index in [9.17, 15) is 0 Å². The van der Waals surface area contributed by atoms with E-state index in [0.29, 0.717) is 12.4 Å². The first-order valence-corrected chi connectivity index (χ1v) is 5.66. The van der Waals surface area contributed by atoms with Crippen LogP contribution in [0.1, 0.15) is 25.6 Å². The van der Waals surface area contributed by atoms with Crippen molar-refractivity contribution in [2.24, 2.45) is 5.73 Å². The number of benzene rings is 1. The summed E-state index contributed by atoms with van der Waals surface area (Å²) in [5, 5.41) is 4.02. The van der Waals surface area contributed by atoms with Crippen molar-refractivity contribution < 1.29 is 9.26 Å². The number of ether oxygens (including phenoxy) is 1. The van der Waals surface area contributed by atoms with E-state index in [4.69, 9.17) is 15.0 Å². The van der Waals surface area contributed by atoms with Crippen molar-refractivity contribution >= 4 is 0 Å². The molecule has 0 spiro atoms. The standard InChI is InChI=1S/C13H16N2O2/c1-3-16-12-7-5-4-6-10(12)11-8-13(9(2)14)17-15-11/h4-9H,3,14H2,1-2H3. The van der Waals surface area contributed by atoms with Gasteiger partial charge >= 0.3 is 0 Å². The average molecular weight is 232 g/mol. The molecule has 0 aliphatic heterocycles. The summed E-state index contributed by atoms with van der Waals surface area (Å²) in [6.07, 6.45) is 0. The summed E-state index contributed by atoms with van der Waals surface area (Å²) in [5.41, 5.74) is 7.41. The molecule has 1 aromatic heterocycles. The van der Waals surface area contributed by atoms with Crippen LogP contribution in [0.2, 0.25) is 0 Å². The summed E-state index contributed by atoms with van der Waals surface area (Å²) in [7, 11) is 0. The molecule has 2 N–H and O–H groups in total. The van der Waals surface area contributed by atoms with Crippen molar-refractivity contribution in [2.75, 3.05) is 6.61 Å². The van der Waals surface area contributed by atoms with Gasteiger partial charge in [-0.2, -0.15) is 0 Å². The molecule has 2 aromatic rings.